The van der Waals surface area contributed by atoms with Gasteiger partial charge in [-0.1, -0.05) is 13.8 Å². The van der Waals surface area contributed by atoms with Crippen molar-refractivity contribution in [2.24, 2.45) is 5.92 Å². The van der Waals surface area contributed by atoms with Gasteiger partial charge in [0.25, 0.3) is 0 Å². The van der Waals surface area contributed by atoms with Crippen LogP contribution >= 0.6 is 0 Å². The molecule has 1 rings (SSSR count). The normalized spacial score (nSPS) is 10.7. The van der Waals surface area contributed by atoms with Gasteiger partial charge in [0.2, 0.25) is 0 Å². The van der Waals surface area contributed by atoms with Crippen molar-refractivity contribution in [1.82, 2.24) is 9.97 Å². The van der Waals surface area contributed by atoms with E-state index in [1.807, 2.05) is 0 Å². The van der Waals surface area contributed by atoms with Crippen LogP contribution in [0.2, 0.25) is 0 Å². The molecule has 90 valence electrons. The number of nitrogen functional groups attached to an aromatic ring is 1. The van der Waals surface area contributed by atoms with Gasteiger partial charge in [-0.2, -0.15) is 0 Å². The molecule has 0 spiro atoms. The second kappa shape index (κ2) is 7.00. The summed E-state index contributed by atoms with van der Waals surface area (Å²) in [7, 11) is 0. The lowest BCUT2D eigenvalue weighted by Gasteiger charge is -2.07. The minimum atomic E-state index is 0.422. The summed E-state index contributed by atoms with van der Waals surface area (Å²) in [4.78, 5) is 8.00. The van der Waals surface area contributed by atoms with E-state index < -0.39 is 0 Å². The highest BCUT2D eigenvalue weighted by molar-refractivity contribution is 5.38. The molecule has 16 heavy (non-hydrogen) atoms. The van der Waals surface area contributed by atoms with Crippen molar-refractivity contribution < 1.29 is 4.74 Å². The highest BCUT2D eigenvalue weighted by Crippen LogP contribution is 2.02. The Kier molecular flexibility index (Phi) is 5.56. The minimum Gasteiger partial charge on any atom is -0.382 e. The van der Waals surface area contributed by atoms with E-state index in [9.17, 15) is 0 Å². The molecule has 0 fully saturated rings. The molecule has 0 aliphatic rings. The third-order valence-corrected chi connectivity index (χ3v) is 2.05. The van der Waals surface area contributed by atoms with Gasteiger partial charge in [-0.3, -0.25) is 4.98 Å². The van der Waals surface area contributed by atoms with E-state index in [2.05, 4.69) is 29.1 Å². The van der Waals surface area contributed by atoms with Crippen LogP contribution in [0.3, 0.4) is 0 Å². The second-order valence-corrected chi connectivity index (χ2v) is 4.05. The van der Waals surface area contributed by atoms with Crippen molar-refractivity contribution in [2.45, 2.75) is 20.3 Å². The molecule has 5 heteroatoms. The fraction of sp³-hybridized carbons (Fsp3) is 0.636. The molecule has 0 radical (unpaired) electrons. The number of hydrogen-bond donors (Lipinski definition) is 2. The summed E-state index contributed by atoms with van der Waals surface area (Å²) >= 11 is 0. The number of ether oxygens (including phenoxy) is 1. The fourth-order valence-electron chi connectivity index (χ4n) is 1.14. The van der Waals surface area contributed by atoms with Crippen LogP contribution in [0.4, 0.5) is 11.6 Å². The van der Waals surface area contributed by atoms with Crippen LogP contribution in [0.1, 0.15) is 20.3 Å². The lowest BCUT2D eigenvalue weighted by molar-refractivity contribution is 0.132. The van der Waals surface area contributed by atoms with Crippen LogP contribution in [0.5, 0.6) is 0 Å². The lowest BCUT2D eigenvalue weighted by Crippen LogP contribution is -2.12. The van der Waals surface area contributed by atoms with E-state index in [0.717, 1.165) is 19.6 Å². The first-order valence-electron chi connectivity index (χ1n) is 5.57. The number of rotatable bonds is 7. The van der Waals surface area contributed by atoms with E-state index in [1.54, 1.807) is 6.20 Å². The molecule has 1 aromatic heterocycles. The largest absolute Gasteiger partial charge is 0.382 e. The van der Waals surface area contributed by atoms with E-state index in [4.69, 9.17) is 10.5 Å². The van der Waals surface area contributed by atoms with Gasteiger partial charge in [-0.25, -0.2) is 4.98 Å². The summed E-state index contributed by atoms with van der Waals surface area (Å²) in [5.41, 5.74) is 5.50. The predicted molar refractivity (Wildman–Crippen MR) is 65.2 cm³/mol. The molecule has 0 unspecified atom stereocenters. The molecule has 0 atom stereocenters. The van der Waals surface area contributed by atoms with Crippen molar-refractivity contribution in [3.8, 4) is 0 Å². The van der Waals surface area contributed by atoms with Crippen LogP contribution in [0.15, 0.2) is 12.4 Å². The quantitative estimate of drug-likeness (QED) is 0.687. The van der Waals surface area contributed by atoms with Gasteiger partial charge < -0.3 is 15.8 Å². The van der Waals surface area contributed by atoms with Gasteiger partial charge in [0.1, 0.15) is 11.6 Å². The van der Waals surface area contributed by atoms with Gasteiger partial charge in [0, 0.05) is 13.2 Å². The molecular formula is C11H20N4O. The summed E-state index contributed by atoms with van der Waals surface area (Å²) in [6.07, 6.45) is 4.26. The molecule has 0 saturated heterocycles. The van der Waals surface area contributed by atoms with Crippen LogP contribution in [0, 0.1) is 5.92 Å². The zero-order valence-corrected chi connectivity index (χ0v) is 9.94. The molecule has 1 aromatic rings. The summed E-state index contributed by atoms with van der Waals surface area (Å²) in [6, 6.07) is 0. The van der Waals surface area contributed by atoms with E-state index >= 15 is 0 Å². The maximum atomic E-state index is 5.50. The van der Waals surface area contributed by atoms with Crippen LogP contribution < -0.4 is 11.1 Å². The fourth-order valence-corrected chi connectivity index (χ4v) is 1.14. The molecule has 5 nitrogen and oxygen atoms in total. The molecule has 1 heterocycles. The maximum absolute atomic E-state index is 5.50. The summed E-state index contributed by atoms with van der Waals surface area (Å²) in [5, 5.41) is 3.09. The number of nitrogens with zero attached hydrogens (tertiary/aromatic N) is 2. The Morgan fingerprint density at radius 2 is 2.19 bits per heavy atom. The zero-order chi connectivity index (χ0) is 11.8. The Hall–Kier alpha value is -1.36. The molecule has 3 N–H and O–H groups in total. The van der Waals surface area contributed by atoms with Crippen molar-refractivity contribution in [2.75, 3.05) is 30.8 Å². The van der Waals surface area contributed by atoms with Gasteiger partial charge >= 0.3 is 0 Å². The molecular weight excluding hydrogens is 204 g/mol. The average Bonchev–Trinajstić information content (AvgIpc) is 2.23. The first-order chi connectivity index (χ1) is 7.68. The molecule has 0 bridgehead atoms. The first kappa shape index (κ1) is 12.7. The van der Waals surface area contributed by atoms with E-state index in [0.29, 0.717) is 24.2 Å². The lowest BCUT2D eigenvalue weighted by atomic mass is 10.1. The standard InChI is InChI=1S/C11H20N4O/c1-9(2)3-5-16-6-4-14-11-8-13-7-10(12)15-11/h7-9H,3-6H2,1-2H3,(H3,12,14,15). The molecule has 0 aromatic carbocycles. The van der Waals surface area contributed by atoms with Crippen molar-refractivity contribution in [1.29, 1.82) is 0 Å². The Morgan fingerprint density at radius 1 is 1.38 bits per heavy atom. The topological polar surface area (TPSA) is 73.1 Å². The smallest absolute Gasteiger partial charge is 0.147 e. The van der Waals surface area contributed by atoms with E-state index in [1.165, 1.54) is 6.20 Å². The van der Waals surface area contributed by atoms with Crippen molar-refractivity contribution in [3.63, 3.8) is 0 Å². The highest BCUT2D eigenvalue weighted by Gasteiger charge is 1.96. The molecule has 0 aliphatic carbocycles. The first-order valence-corrected chi connectivity index (χ1v) is 5.57. The van der Waals surface area contributed by atoms with Gasteiger partial charge in [0.05, 0.1) is 19.0 Å². The predicted octanol–water partition coefficient (Wildman–Crippen LogP) is 1.53. The molecule has 0 aliphatic heterocycles. The minimum absolute atomic E-state index is 0.422. The average molecular weight is 224 g/mol. The van der Waals surface area contributed by atoms with Gasteiger partial charge in [0.15, 0.2) is 0 Å². The molecule has 0 amide bonds. The third kappa shape index (κ3) is 5.50. The highest BCUT2D eigenvalue weighted by atomic mass is 16.5. The summed E-state index contributed by atoms with van der Waals surface area (Å²) < 4.78 is 5.45. The number of hydrogen-bond acceptors (Lipinski definition) is 5. The van der Waals surface area contributed by atoms with Crippen molar-refractivity contribution >= 4 is 11.6 Å². The van der Waals surface area contributed by atoms with Crippen LogP contribution in [-0.4, -0.2) is 29.7 Å². The summed E-state index contributed by atoms with van der Waals surface area (Å²) in [5.74, 6) is 1.80. The zero-order valence-electron chi connectivity index (χ0n) is 9.94. The number of aromatic nitrogens is 2. The maximum Gasteiger partial charge on any atom is 0.147 e. The number of anilines is 2. The number of nitrogens with two attached hydrogens (primary N) is 1. The third-order valence-electron chi connectivity index (χ3n) is 2.05. The van der Waals surface area contributed by atoms with Gasteiger partial charge in [-0.05, 0) is 12.3 Å². The van der Waals surface area contributed by atoms with Gasteiger partial charge in [-0.15, -0.1) is 0 Å². The Labute approximate surface area is 96.4 Å². The Bertz CT molecular complexity index is 304. The Morgan fingerprint density at radius 3 is 2.88 bits per heavy atom. The van der Waals surface area contributed by atoms with Crippen LogP contribution in [0.25, 0.3) is 0 Å². The van der Waals surface area contributed by atoms with E-state index in [-0.39, 0.29) is 0 Å². The van der Waals surface area contributed by atoms with Crippen molar-refractivity contribution in [3.05, 3.63) is 12.4 Å². The molecule has 0 saturated carbocycles. The summed E-state index contributed by atoms with van der Waals surface area (Å²) in [6.45, 7) is 6.56. The SMILES string of the molecule is CC(C)CCOCCNc1cncc(N)n1. The van der Waals surface area contributed by atoms with Crippen LogP contribution in [-0.2, 0) is 4.74 Å². The second-order valence-electron chi connectivity index (χ2n) is 4.05. The number of nitrogens with one attached hydrogen (secondary N) is 1. The monoisotopic (exact) mass is 224 g/mol. The Balaban J connectivity index is 2.07.